The first-order chi connectivity index (χ1) is 8.92. The number of fused-ring (bicyclic) bond motifs is 1. The highest BCUT2D eigenvalue weighted by molar-refractivity contribution is 7.85. The van der Waals surface area contributed by atoms with E-state index in [9.17, 15) is 8.42 Å². The van der Waals surface area contributed by atoms with Crippen molar-refractivity contribution >= 4 is 15.8 Å². The molecule has 4 nitrogen and oxygen atoms in total. The third kappa shape index (κ3) is 2.92. The lowest BCUT2D eigenvalue weighted by molar-refractivity contribution is 0.311. The molecule has 19 heavy (non-hydrogen) atoms. The Morgan fingerprint density at radius 3 is 2.63 bits per heavy atom. The third-order valence-electron chi connectivity index (χ3n) is 4.03. The third-order valence-corrected chi connectivity index (χ3v) is 4.58. The van der Waals surface area contributed by atoms with Gasteiger partial charge in [0.2, 0.25) is 0 Å². The molecule has 1 aliphatic carbocycles. The first-order valence-corrected chi connectivity index (χ1v) is 8.43. The number of benzene rings is 1. The van der Waals surface area contributed by atoms with Gasteiger partial charge in [0.05, 0.1) is 12.9 Å². The van der Waals surface area contributed by atoms with E-state index >= 15 is 0 Å². The Bertz CT molecular complexity index is 587. The van der Waals surface area contributed by atoms with Crippen molar-refractivity contribution < 1.29 is 12.6 Å². The van der Waals surface area contributed by atoms with Gasteiger partial charge in [0, 0.05) is 18.8 Å². The largest absolute Gasteiger partial charge is 0.371 e. The van der Waals surface area contributed by atoms with Gasteiger partial charge in [0.1, 0.15) is 0 Å². The minimum atomic E-state index is -3.38. The summed E-state index contributed by atoms with van der Waals surface area (Å²) in [5.74, 6) is 1.77. The van der Waals surface area contributed by atoms with Crippen LogP contribution < -0.4 is 4.90 Å². The van der Waals surface area contributed by atoms with Gasteiger partial charge in [0.15, 0.2) is 0 Å². The molecule has 104 valence electrons. The molecule has 0 bridgehead atoms. The lowest BCUT2D eigenvalue weighted by Gasteiger charge is -2.23. The SMILES string of the molecule is Cc1ccc(COS(C)(=O)=O)cc1N1CC2CC2C1. The summed E-state index contributed by atoms with van der Waals surface area (Å²) in [6, 6.07) is 6.03. The first kappa shape index (κ1) is 12.9. The summed E-state index contributed by atoms with van der Waals surface area (Å²) in [5, 5.41) is 0. The molecule has 2 unspecified atom stereocenters. The second-order valence-electron chi connectivity index (χ2n) is 5.75. The van der Waals surface area contributed by atoms with Crippen LogP contribution in [0, 0.1) is 18.8 Å². The minimum absolute atomic E-state index is 0.118. The monoisotopic (exact) mass is 281 g/mol. The van der Waals surface area contributed by atoms with E-state index in [1.165, 1.54) is 17.7 Å². The van der Waals surface area contributed by atoms with E-state index in [4.69, 9.17) is 4.18 Å². The maximum Gasteiger partial charge on any atom is 0.264 e. The van der Waals surface area contributed by atoms with Gasteiger partial charge in [0.25, 0.3) is 10.1 Å². The zero-order valence-corrected chi connectivity index (χ0v) is 12.1. The van der Waals surface area contributed by atoms with Gasteiger partial charge in [-0.05, 0) is 42.4 Å². The Labute approximate surface area is 114 Å². The molecule has 1 aliphatic heterocycles. The topological polar surface area (TPSA) is 46.6 Å². The van der Waals surface area contributed by atoms with E-state index < -0.39 is 10.1 Å². The molecule has 1 heterocycles. The summed E-state index contributed by atoms with van der Waals surface area (Å²) in [5.41, 5.74) is 3.37. The first-order valence-electron chi connectivity index (χ1n) is 6.61. The van der Waals surface area contributed by atoms with Crippen molar-refractivity contribution in [1.29, 1.82) is 0 Å². The predicted octanol–water partition coefficient (Wildman–Crippen LogP) is 1.93. The van der Waals surface area contributed by atoms with Crippen molar-refractivity contribution in [3.63, 3.8) is 0 Å². The molecule has 1 aromatic rings. The normalized spacial score (nSPS) is 25.5. The number of rotatable bonds is 4. The fraction of sp³-hybridized carbons (Fsp3) is 0.571. The highest BCUT2D eigenvalue weighted by Gasteiger charge is 2.45. The van der Waals surface area contributed by atoms with Crippen LogP contribution in [-0.4, -0.2) is 27.8 Å². The quantitative estimate of drug-likeness (QED) is 0.791. The smallest absolute Gasteiger partial charge is 0.264 e. The molecule has 3 rings (SSSR count). The second-order valence-corrected chi connectivity index (χ2v) is 7.39. The van der Waals surface area contributed by atoms with Crippen LogP contribution in [0.25, 0.3) is 0 Å². The summed E-state index contributed by atoms with van der Waals surface area (Å²) in [6.45, 7) is 4.50. The van der Waals surface area contributed by atoms with Crippen LogP contribution in [0.3, 0.4) is 0 Å². The van der Waals surface area contributed by atoms with Gasteiger partial charge in [-0.25, -0.2) is 0 Å². The van der Waals surface area contributed by atoms with Gasteiger partial charge < -0.3 is 4.90 Å². The zero-order valence-electron chi connectivity index (χ0n) is 11.3. The van der Waals surface area contributed by atoms with Crippen molar-refractivity contribution in [3.8, 4) is 0 Å². The molecule has 1 saturated carbocycles. The predicted molar refractivity (Wildman–Crippen MR) is 74.6 cm³/mol. The lowest BCUT2D eigenvalue weighted by Crippen LogP contribution is -2.22. The highest BCUT2D eigenvalue weighted by Crippen LogP contribution is 2.46. The van der Waals surface area contributed by atoms with Crippen LogP contribution in [0.5, 0.6) is 0 Å². The Morgan fingerprint density at radius 1 is 1.32 bits per heavy atom. The van der Waals surface area contributed by atoms with Crippen molar-refractivity contribution in [1.82, 2.24) is 0 Å². The van der Waals surface area contributed by atoms with Crippen molar-refractivity contribution in [2.75, 3.05) is 24.2 Å². The number of hydrogen-bond acceptors (Lipinski definition) is 4. The molecule has 0 N–H and O–H groups in total. The fourth-order valence-corrected chi connectivity index (χ4v) is 3.21. The van der Waals surface area contributed by atoms with E-state index in [2.05, 4.69) is 17.9 Å². The summed E-state index contributed by atoms with van der Waals surface area (Å²) >= 11 is 0. The van der Waals surface area contributed by atoms with Gasteiger partial charge in [-0.15, -0.1) is 0 Å². The molecule has 1 saturated heterocycles. The van der Waals surface area contributed by atoms with E-state index in [0.29, 0.717) is 0 Å². The second kappa shape index (κ2) is 4.49. The van der Waals surface area contributed by atoms with Crippen LogP contribution in [0.15, 0.2) is 18.2 Å². The lowest BCUT2D eigenvalue weighted by atomic mass is 10.1. The van der Waals surface area contributed by atoms with E-state index in [-0.39, 0.29) is 6.61 Å². The van der Waals surface area contributed by atoms with Gasteiger partial charge in [-0.1, -0.05) is 12.1 Å². The molecule has 0 aromatic heterocycles. The number of piperidine rings is 1. The van der Waals surface area contributed by atoms with E-state index in [1.54, 1.807) is 0 Å². The van der Waals surface area contributed by atoms with Crippen LogP contribution >= 0.6 is 0 Å². The van der Waals surface area contributed by atoms with Gasteiger partial charge in [-0.3, -0.25) is 4.18 Å². The molecule has 0 spiro atoms. The van der Waals surface area contributed by atoms with Crippen molar-refractivity contribution in [3.05, 3.63) is 29.3 Å². The average molecular weight is 281 g/mol. The molecule has 2 atom stereocenters. The molecule has 5 heteroatoms. The van der Waals surface area contributed by atoms with Gasteiger partial charge >= 0.3 is 0 Å². The molecule has 0 radical (unpaired) electrons. The summed E-state index contributed by atoms with van der Waals surface area (Å²) < 4.78 is 26.9. The van der Waals surface area contributed by atoms with Crippen LogP contribution in [0.4, 0.5) is 5.69 Å². The summed E-state index contributed by atoms with van der Waals surface area (Å²) in [7, 11) is -3.38. The summed E-state index contributed by atoms with van der Waals surface area (Å²) in [6.07, 6.45) is 2.46. The zero-order chi connectivity index (χ0) is 13.6. The Morgan fingerprint density at radius 2 is 2.00 bits per heavy atom. The van der Waals surface area contributed by atoms with Crippen molar-refractivity contribution in [2.45, 2.75) is 20.0 Å². The molecular weight excluding hydrogens is 262 g/mol. The van der Waals surface area contributed by atoms with Crippen LogP contribution in [0.1, 0.15) is 17.5 Å². The van der Waals surface area contributed by atoms with Crippen LogP contribution in [-0.2, 0) is 20.9 Å². The number of aryl methyl sites for hydroxylation is 1. The van der Waals surface area contributed by atoms with E-state index in [0.717, 1.165) is 36.7 Å². The number of hydrogen-bond donors (Lipinski definition) is 0. The highest BCUT2D eigenvalue weighted by atomic mass is 32.2. The number of anilines is 1. The van der Waals surface area contributed by atoms with Crippen LogP contribution in [0.2, 0.25) is 0 Å². The molecular formula is C14H19NO3S. The van der Waals surface area contributed by atoms with E-state index in [1.807, 2.05) is 12.1 Å². The van der Waals surface area contributed by atoms with Gasteiger partial charge in [-0.2, -0.15) is 8.42 Å². The minimum Gasteiger partial charge on any atom is -0.371 e. The molecule has 1 aromatic carbocycles. The fourth-order valence-electron chi connectivity index (χ4n) is 2.86. The Kier molecular flexibility index (Phi) is 3.06. The Balaban J connectivity index is 1.76. The standard InChI is InChI=1S/C14H19NO3S/c1-10-3-4-11(9-18-19(2,16)17)5-14(10)15-7-12-6-13(12)8-15/h3-5,12-13H,6-9H2,1-2H3. The van der Waals surface area contributed by atoms with Crippen molar-refractivity contribution in [2.24, 2.45) is 11.8 Å². The maximum atomic E-state index is 11.0. The maximum absolute atomic E-state index is 11.0. The summed E-state index contributed by atoms with van der Waals surface area (Å²) in [4.78, 5) is 2.41. The Hall–Kier alpha value is -1.07. The average Bonchev–Trinajstić information content (AvgIpc) is 2.94. The molecule has 2 fully saturated rings. The number of nitrogens with zero attached hydrogens (tertiary/aromatic N) is 1. The molecule has 2 aliphatic rings. The molecule has 0 amide bonds.